The summed E-state index contributed by atoms with van der Waals surface area (Å²) in [7, 11) is 0. The zero-order chi connectivity index (χ0) is 11.0. The Labute approximate surface area is 102 Å². The summed E-state index contributed by atoms with van der Waals surface area (Å²) in [4.78, 5) is 17.0. The summed E-state index contributed by atoms with van der Waals surface area (Å²) >= 11 is 17.6. The number of rotatable bonds is 1. The lowest BCUT2D eigenvalue weighted by Gasteiger charge is -2.16. The first-order chi connectivity index (χ1) is 7.08. The Morgan fingerprint density at radius 2 is 2.20 bits per heavy atom. The van der Waals surface area contributed by atoms with Gasteiger partial charge in [-0.1, -0.05) is 23.2 Å². The molecule has 1 aromatic rings. The van der Waals surface area contributed by atoms with Crippen molar-refractivity contribution in [2.45, 2.75) is 11.8 Å². The number of alkyl halides is 1. The lowest BCUT2D eigenvalue weighted by atomic mass is 10.4. The summed E-state index contributed by atoms with van der Waals surface area (Å²) in [6, 6.07) is 1.61. The number of nitrogens with zero attached hydrogens (tertiary/aromatic N) is 2. The van der Waals surface area contributed by atoms with Gasteiger partial charge in [-0.15, -0.1) is 11.6 Å². The average molecular weight is 266 g/mol. The fourth-order valence-corrected chi connectivity index (χ4v) is 2.13. The van der Waals surface area contributed by atoms with Crippen molar-refractivity contribution in [3.63, 3.8) is 0 Å². The third-order valence-electron chi connectivity index (χ3n) is 2.16. The maximum Gasteiger partial charge on any atom is 0.228 e. The highest BCUT2D eigenvalue weighted by Crippen LogP contribution is 2.31. The molecule has 80 valence electrons. The van der Waals surface area contributed by atoms with Crippen LogP contribution in [0.5, 0.6) is 0 Å². The standard InChI is InChI=1S/C9H7Cl3N2O/c10-5-1-7(9(12)13-3-5)14-4-6(11)2-8(14)15/h1,3,6H,2,4H2. The number of pyridine rings is 1. The monoisotopic (exact) mass is 264 g/mol. The first-order valence-corrected chi connectivity index (χ1v) is 5.52. The highest BCUT2D eigenvalue weighted by molar-refractivity contribution is 6.35. The van der Waals surface area contributed by atoms with Crippen molar-refractivity contribution in [3.05, 3.63) is 22.4 Å². The molecular formula is C9H7Cl3N2O. The minimum absolute atomic E-state index is 0.0547. The molecule has 3 nitrogen and oxygen atoms in total. The van der Waals surface area contributed by atoms with E-state index in [0.717, 1.165) is 0 Å². The Morgan fingerprint density at radius 1 is 1.47 bits per heavy atom. The third kappa shape index (κ3) is 2.19. The van der Waals surface area contributed by atoms with Crippen LogP contribution in [0.3, 0.4) is 0 Å². The second-order valence-corrected chi connectivity index (χ2v) is 4.68. The van der Waals surface area contributed by atoms with Gasteiger partial charge in [0.15, 0.2) is 5.15 Å². The van der Waals surface area contributed by atoms with Gasteiger partial charge in [0.2, 0.25) is 5.91 Å². The molecule has 0 spiro atoms. The van der Waals surface area contributed by atoms with E-state index in [0.29, 0.717) is 23.7 Å². The van der Waals surface area contributed by atoms with Gasteiger partial charge in [0.05, 0.1) is 16.1 Å². The van der Waals surface area contributed by atoms with Crippen LogP contribution in [0.4, 0.5) is 5.69 Å². The van der Waals surface area contributed by atoms with E-state index in [-0.39, 0.29) is 16.4 Å². The Morgan fingerprint density at radius 3 is 2.80 bits per heavy atom. The van der Waals surface area contributed by atoms with Gasteiger partial charge in [0.1, 0.15) is 0 Å². The van der Waals surface area contributed by atoms with E-state index in [1.165, 1.54) is 11.1 Å². The molecule has 1 amide bonds. The zero-order valence-corrected chi connectivity index (χ0v) is 9.85. The molecular weight excluding hydrogens is 258 g/mol. The van der Waals surface area contributed by atoms with Crippen LogP contribution in [-0.2, 0) is 4.79 Å². The Balaban J connectivity index is 2.37. The molecule has 1 atom stereocenters. The predicted octanol–water partition coefficient (Wildman–Crippen LogP) is 2.73. The normalized spacial score (nSPS) is 21.1. The second-order valence-electron chi connectivity index (χ2n) is 3.27. The topological polar surface area (TPSA) is 33.2 Å². The number of carbonyl (C=O) groups excluding carboxylic acids is 1. The van der Waals surface area contributed by atoms with Crippen LogP contribution in [0, 0.1) is 0 Å². The number of anilines is 1. The van der Waals surface area contributed by atoms with E-state index in [1.54, 1.807) is 6.07 Å². The van der Waals surface area contributed by atoms with Crippen LogP contribution in [0.15, 0.2) is 12.3 Å². The molecule has 6 heteroatoms. The van der Waals surface area contributed by atoms with E-state index < -0.39 is 0 Å². The average Bonchev–Trinajstić information content (AvgIpc) is 2.50. The molecule has 1 unspecified atom stereocenters. The maximum absolute atomic E-state index is 11.6. The van der Waals surface area contributed by atoms with Crippen molar-refractivity contribution >= 4 is 46.4 Å². The Bertz CT molecular complexity index is 410. The summed E-state index contributed by atoms with van der Waals surface area (Å²) in [6.45, 7) is 0.447. The summed E-state index contributed by atoms with van der Waals surface area (Å²) in [5.41, 5.74) is 0.525. The molecule has 1 fully saturated rings. The van der Waals surface area contributed by atoms with Gasteiger partial charge in [0, 0.05) is 19.2 Å². The smallest absolute Gasteiger partial charge is 0.228 e. The molecule has 2 rings (SSSR count). The molecule has 0 N–H and O–H groups in total. The van der Waals surface area contributed by atoms with Crippen LogP contribution in [0.25, 0.3) is 0 Å². The Hall–Kier alpha value is -0.510. The second kappa shape index (κ2) is 4.16. The summed E-state index contributed by atoms with van der Waals surface area (Å²) in [6.07, 6.45) is 1.76. The van der Waals surface area contributed by atoms with Gasteiger partial charge in [0.25, 0.3) is 0 Å². The van der Waals surface area contributed by atoms with E-state index >= 15 is 0 Å². The van der Waals surface area contributed by atoms with Gasteiger partial charge in [-0.25, -0.2) is 4.98 Å². The lowest BCUT2D eigenvalue weighted by molar-refractivity contribution is -0.117. The van der Waals surface area contributed by atoms with Crippen molar-refractivity contribution in [3.8, 4) is 0 Å². The number of carbonyl (C=O) groups is 1. The fourth-order valence-electron chi connectivity index (χ4n) is 1.50. The fraction of sp³-hybridized carbons (Fsp3) is 0.333. The van der Waals surface area contributed by atoms with Crippen LogP contribution >= 0.6 is 34.8 Å². The van der Waals surface area contributed by atoms with Crippen LogP contribution in [-0.4, -0.2) is 22.8 Å². The van der Waals surface area contributed by atoms with Gasteiger partial charge < -0.3 is 4.90 Å². The molecule has 0 aliphatic carbocycles. The minimum atomic E-state index is -0.174. The number of amides is 1. The van der Waals surface area contributed by atoms with Crippen molar-refractivity contribution in [1.82, 2.24) is 4.98 Å². The maximum atomic E-state index is 11.6. The number of aromatic nitrogens is 1. The first-order valence-electron chi connectivity index (χ1n) is 4.33. The van der Waals surface area contributed by atoms with E-state index in [2.05, 4.69) is 4.98 Å². The van der Waals surface area contributed by atoms with Gasteiger partial charge in [-0.05, 0) is 6.07 Å². The number of hydrogen-bond acceptors (Lipinski definition) is 2. The molecule has 2 heterocycles. The zero-order valence-electron chi connectivity index (χ0n) is 7.58. The highest BCUT2D eigenvalue weighted by atomic mass is 35.5. The summed E-state index contributed by atoms with van der Waals surface area (Å²) < 4.78 is 0. The van der Waals surface area contributed by atoms with Crippen molar-refractivity contribution < 1.29 is 4.79 Å². The Kier molecular flexibility index (Phi) is 3.05. The van der Waals surface area contributed by atoms with Crippen LogP contribution in [0.1, 0.15) is 6.42 Å². The van der Waals surface area contributed by atoms with Crippen molar-refractivity contribution in [2.24, 2.45) is 0 Å². The minimum Gasteiger partial charge on any atom is -0.308 e. The highest BCUT2D eigenvalue weighted by Gasteiger charge is 2.30. The number of halogens is 3. The SMILES string of the molecule is O=C1CC(Cl)CN1c1cc(Cl)cnc1Cl. The lowest BCUT2D eigenvalue weighted by Crippen LogP contribution is -2.25. The quantitative estimate of drug-likeness (QED) is 0.578. The number of hydrogen-bond donors (Lipinski definition) is 0. The largest absolute Gasteiger partial charge is 0.308 e. The van der Waals surface area contributed by atoms with Gasteiger partial charge in [-0.3, -0.25) is 4.79 Å². The molecule has 1 aromatic heterocycles. The summed E-state index contributed by atoms with van der Waals surface area (Å²) in [5, 5.41) is 0.534. The van der Waals surface area contributed by atoms with E-state index in [1.807, 2.05) is 0 Å². The van der Waals surface area contributed by atoms with Crippen LogP contribution in [0.2, 0.25) is 10.2 Å². The predicted molar refractivity (Wildman–Crippen MR) is 60.9 cm³/mol. The molecule has 1 saturated heterocycles. The van der Waals surface area contributed by atoms with Gasteiger partial charge >= 0.3 is 0 Å². The molecule has 0 aromatic carbocycles. The molecule has 0 saturated carbocycles. The van der Waals surface area contributed by atoms with Gasteiger partial charge in [-0.2, -0.15) is 0 Å². The molecule has 0 bridgehead atoms. The third-order valence-corrected chi connectivity index (χ3v) is 2.95. The molecule has 1 aliphatic rings. The first kappa shape index (κ1) is 11.0. The summed E-state index contributed by atoms with van der Waals surface area (Å²) in [5.74, 6) is -0.0547. The van der Waals surface area contributed by atoms with Crippen molar-refractivity contribution in [1.29, 1.82) is 0 Å². The molecule has 1 aliphatic heterocycles. The van der Waals surface area contributed by atoms with Crippen molar-refractivity contribution in [2.75, 3.05) is 11.4 Å². The molecule has 0 radical (unpaired) electrons. The van der Waals surface area contributed by atoms with Crippen LogP contribution < -0.4 is 4.90 Å². The molecule has 15 heavy (non-hydrogen) atoms. The van der Waals surface area contributed by atoms with E-state index in [4.69, 9.17) is 34.8 Å². The van der Waals surface area contributed by atoms with E-state index in [9.17, 15) is 4.79 Å².